The van der Waals surface area contributed by atoms with Crippen LogP contribution in [0.4, 0.5) is 4.79 Å². The molecule has 0 atom stereocenters. The van der Waals surface area contributed by atoms with Crippen molar-refractivity contribution in [3.63, 3.8) is 0 Å². The Morgan fingerprint density at radius 2 is 2.00 bits per heavy atom. The fraction of sp³-hybridized carbons (Fsp3) is 0.769. The Balaban J connectivity index is 1.85. The van der Waals surface area contributed by atoms with Crippen LogP contribution in [-0.2, 0) is 0 Å². The average Bonchev–Trinajstić information content (AvgIpc) is 3.18. The van der Waals surface area contributed by atoms with Crippen molar-refractivity contribution in [1.29, 1.82) is 0 Å². The summed E-state index contributed by atoms with van der Waals surface area (Å²) < 4.78 is 0. The van der Waals surface area contributed by atoms with Gasteiger partial charge in [0.1, 0.15) is 0 Å². The summed E-state index contributed by atoms with van der Waals surface area (Å²) in [6.07, 6.45) is 6.70. The van der Waals surface area contributed by atoms with Crippen LogP contribution in [0.2, 0.25) is 0 Å². The summed E-state index contributed by atoms with van der Waals surface area (Å²) in [6.45, 7) is 4.50. The fourth-order valence-corrected chi connectivity index (χ4v) is 2.32. The molecule has 0 spiro atoms. The molecule has 0 aromatic rings. The minimum Gasteiger partial charge on any atom is -0.395 e. The maximum atomic E-state index is 12.1. The number of amides is 2. The molecule has 96 valence electrons. The number of hydrogen-bond acceptors (Lipinski definition) is 2. The highest BCUT2D eigenvalue weighted by Crippen LogP contribution is 2.44. The molecule has 0 aromatic heterocycles. The highest BCUT2D eigenvalue weighted by molar-refractivity contribution is 5.74. The van der Waals surface area contributed by atoms with Gasteiger partial charge in [0.05, 0.1) is 6.61 Å². The lowest BCUT2D eigenvalue weighted by molar-refractivity contribution is 0.177. The van der Waals surface area contributed by atoms with Crippen molar-refractivity contribution in [2.45, 2.75) is 31.7 Å². The molecule has 4 heteroatoms. The maximum absolute atomic E-state index is 12.1. The van der Waals surface area contributed by atoms with Crippen molar-refractivity contribution < 1.29 is 9.90 Å². The summed E-state index contributed by atoms with van der Waals surface area (Å²) in [6, 6.07) is 0.316. The highest BCUT2D eigenvalue weighted by atomic mass is 16.3. The largest absolute Gasteiger partial charge is 0.395 e. The maximum Gasteiger partial charge on any atom is 0.317 e. The molecule has 0 unspecified atom stereocenters. The Kier molecular flexibility index (Phi) is 4.05. The van der Waals surface area contributed by atoms with Crippen molar-refractivity contribution in [2.24, 2.45) is 11.8 Å². The van der Waals surface area contributed by atoms with Gasteiger partial charge in [-0.1, -0.05) is 6.08 Å². The molecule has 2 fully saturated rings. The second-order valence-electron chi connectivity index (χ2n) is 5.11. The second kappa shape index (κ2) is 5.54. The summed E-state index contributed by atoms with van der Waals surface area (Å²) >= 11 is 0. The molecular formula is C13H22N2O2. The molecule has 0 heterocycles. The number of carbonyl (C=O) groups is 1. The summed E-state index contributed by atoms with van der Waals surface area (Å²) in [5.41, 5.74) is 0. The lowest BCUT2D eigenvalue weighted by Crippen LogP contribution is -2.47. The Morgan fingerprint density at radius 3 is 2.41 bits per heavy atom. The number of nitrogens with zero attached hydrogens (tertiary/aromatic N) is 1. The van der Waals surface area contributed by atoms with E-state index in [1.807, 2.05) is 0 Å². The van der Waals surface area contributed by atoms with E-state index in [0.717, 1.165) is 0 Å². The van der Waals surface area contributed by atoms with E-state index in [0.29, 0.717) is 31.0 Å². The predicted molar refractivity (Wildman–Crippen MR) is 66.6 cm³/mol. The second-order valence-corrected chi connectivity index (χ2v) is 5.11. The first-order chi connectivity index (χ1) is 8.26. The van der Waals surface area contributed by atoms with E-state index < -0.39 is 0 Å². The van der Waals surface area contributed by atoms with Crippen molar-refractivity contribution >= 4 is 6.03 Å². The number of rotatable bonds is 7. The number of carbonyl (C=O) groups excluding carboxylic acids is 1. The van der Waals surface area contributed by atoms with E-state index in [-0.39, 0.29) is 12.6 Å². The third-order valence-electron chi connectivity index (χ3n) is 3.56. The fourth-order valence-electron chi connectivity index (χ4n) is 2.32. The Bertz CT molecular complexity index is 273. The summed E-state index contributed by atoms with van der Waals surface area (Å²) in [4.78, 5) is 13.7. The molecule has 0 saturated heterocycles. The van der Waals surface area contributed by atoms with Crippen LogP contribution in [0.15, 0.2) is 12.7 Å². The molecule has 17 heavy (non-hydrogen) atoms. The third-order valence-corrected chi connectivity index (χ3v) is 3.56. The molecule has 0 radical (unpaired) electrons. The van der Waals surface area contributed by atoms with Crippen molar-refractivity contribution in [2.75, 3.05) is 19.7 Å². The Morgan fingerprint density at radius 1 is 1.41 bits per heavy atom. The molecule has 0 aliphatic heterocycles. The van der Waals surface area contributed by atoms with Gasteiger partial charge in [-0.05, 0) is 37.5 Å². The highest BCUT2D eigenvalue weighted by Gasteiger charge is 2.42. The lowest BCUT2D eigenvalue weighted by atomic mass is 10.1. The van der Waals surface area contributed by atoms with Gasteiger partial charge in [-0.2, -0.15) is 0 Å². The number of aliphatic hydroxyl groups is 1. The summed E-state index contributed by atoms with van der Waals surface area (Å²) in [5.74, 6) is 1.40. The standard InChI is InChI=1S/C13H22N2O2/c1-2-7-15(8-9-16)13(17)14-12(10-3-4-10)11-5-6-11/h2,10-12,16H,1,3-9H2,(H,14,17). The van der Waals surface area contributed by atoms with Crippen LogP contribution < -0.4 is 5.32 Å². The summed E-state index contributed by atoms with van der Waals surface area (Å²) in [5, 5.41) is 12.1. The predicted octanol–water partition coefficient (Wildman–Crippen LogP) is 1.36. The molecule has 2 amide bonds. The van der Waals surface area contributed by atoms with E-state index in [9.17, 15) is 4.79 Å². The quantitative estimate of drug-likeness (QED) is 0.658. The number of aliphatic hydroxyl groups excluding tert-OH is 1. The first kappa shape index (κ1) is 12.4. The van der Waals surface area contributed by atoms with Crippen LogP contribution in [0.1, 0.15) is 25.7 Å². The van der Waals surface area contributed by atoms with E-state index in [1.165, 1.54) is 25.7 Å². The molecule has 0 bridgehead atoms. The van der Waals surface area contributed by atoms with E-state index in [2.05, 4.69) is 11.9 Å². The summed E-state index contributed by atoms with van der Waals surface area (Å²) in [7, 11) is 0. The molecule has 0 aromatic carbocycles. The zero-order valence-electron chi connectivity index (χ0n) is 10.3. The first-order valence-electron chi connectivity index (χ1n) is 6.53. The van der Waals surface area contributed by atoms with Gasteiger partial charge in [0.2, 0.25) is 0 Å². The molecule has 4 nitrogen and oxygen atoms in total. The smallest absolute Gasteiger partial charge is 0.317 e. The number of nitrogens with one attached hydrogen (secondary N) is 1. The van der Waals surface area contributed by atoms with Gasteiger partial charge in [0, 0.05) is 19.1 Å². The Hall–Kier alpha value is -1.03. The van der Waals surface area contributed by atoms with Gasteiger partial charge in [-0.3, -0.25) is 0 Å². The van der Waals surface area contributed by atoms with Crippen molar-refractivity contribution in [1.82, 2.24) is 10.2 Å². The number of hydrogen-bond donors (Lipinski definition) is 2. The van der Waals surface area contributed by atoms with Crippen LogP contribution in [0, 0.1) is 11.8 Å². The van der Waals surface area contributed by atoms with Gasteiger partial charge in [-0.25, -0.2) is 4.79 Å². The monoisotopic (exact) mass is 238 g/mol. The van der Waals surface area contributed by atoms with Crippen molar-refractivity contribution in [3.05, 3.63) is 12.7 Å². The Labute approximate surface area is 103 Å². The van der Waals surface area contributed by atoms with Gasteiger partial charge in [0.25, 0.3) is 0 Å². The number of urea groups is 1. The van der Waals surface area contributed by atoms with Crippen LogP contribution in [0.25, 0.3) is 0 Å². The lowest BCUT2D eigenvalue weighted by Gasteiger charge is -2.25. The molecule has 2 aliphatic rings. The SMILES string of the molecule is C=CCN(CCO)C(=O)NC(C1CC1)C1CC1. The zero-order valence-corrected chi connectivity index (χ0v) is 10.3. The molecule has 2 saturated carbocycles. The van der Waals surface area contributed by atoms with Crippen molar-refractivity contribution in [3.8, 4) is 0 Å². The minimum absolute atomic E-state index is 0.00121. The van der Waals surface area contributed by atoms with Crippen LogP contribution in [-0.4, -0.2) is 41.8 Å². The van der Waals surface area contributed by atoms with E-state index in [4.69, 9.17) is 5.11 Å². The van der Waals surface area contributed by atoms with Gasteiger partial charge in [0.15, 0.2) is 0 Å². The van der Waals surface area contributed by atoms with Crippen LogP contribution >= 0.6 is 0 Å². The topological polar surface area (TPSA) is 52.6 Å². The van der Waals surface area contributed by atoms with E-state index >= 15 is 0 Å². The molecule has 2 rings (SSSR count). The first-order valence-corrected chi connectivity index (χ1v) is 6.53. The van der Waals surface area contributed by atoms with Gasteiger partial charge < -0.3 is 15.3 Å². The van der Waals surface area contributed by atoms with E-state index in [1.54, 1.807) is 11.0 Å². The third kappa shape index (κ3) is 3.46. The van der Waals surface area contributed by atoms with Crippen LogP contribution in [0.5, 0.6) is 0 Å². The zero-order chi connectivity index (χ0) is 12.3. The van der Waals surface area contributed by atoms with Crippen LogP contribution in [0.3, 0.4) is 0 Å². The molecule has 2 N–H and O–H groups in total. The van der Waals surface area contributed by atoms with Gasteiger partial charge >= 0.3 is 6.03 Å². The molecule has 2 aliphatic carbocycles. The molecular weight excluding hydrogens is 216 g/mol. The normalized spacial score (nSPS) is 19.2. The average molecular weight is 238 g/mol. The minimum atomic E-state index is -0.0530. The van der Waals surface area contributed by atoms with Gasteiger partial charge in [-0.15, -0.1) is 6.58 Å².